The molecule has 1 N–H and O–H groups in total. The first kappa shape index (κ1) is 8.43. The van der Waals surface area contributed by atoms with Crippen molar-refractivity contribution < 1.29 is 45.6 Å². The van der Waals surface area contributed by atoms with Crippen LogP contribution in [0.4, 0.5) is 0 Å². The summed E-state index contributed by atoms with van der Waals surface area (Å²) in [6.07, 6.45) is -0.572. The number of carboxylic acids is 1. The molecule has 0 saturated carbocycles. The zero-order chi connectivity index (χ0) is 5.44. The van der Waals surface area contributed by atoms with Crippen LogP contribution >= 0.6 is 0 Å². The van der Waals surface area contributed by atoms with Gasteiger partial charge in [0.15, 0.2) is 6.10 Å². The zero-order valence-corrected chi connectivity index (χ0v) is 6.92. The number of carbonyl (C=O) groups is 1. The van der Waals surface area contributed by atoms with Gasteiger partial charge >= 0.3 is 35.5 Å². The van der Waals surface area contributed by atoms with E-state index in [1.54, 1.807) is 6.92 Å². The van der Waals surface area contributed by atoms with E-state index in [0.29, 0.717) is 0 Å². The van der Waals surface area contributed by atoms with Crippen LogP contribution in [-0.4, -0.2) is 23.3 Å². The van der Waals surface area contributed by atoms with Crippen LogP contribution < -0.4 is 29.6 Å². The number of aliphatic carboxylic acids is 1. The van der Waals surface area contributed by atoms with E-state index in [-0.39, 0.29) is 37.1 Å². The molecule has 1 heterocycles. The molecular weight excluding hydrogens is 119 g/mol. The van der Waals surface area contributed by atoms with Gasteiger partial charge in [-0.05, 0) is 6.92 Å². The Morgan fingerprint density at radius 3 is 2.25 bits per heavy atom. The number of hydrogen-bond donors (Lipinski definition) is 1. The number of carboxylic acid groups (broad SMARTS) is 1. The first-order chi connectivity index (χ1) is 3.22. The summed E-state index contributed by atoms with van der Waals surface area (Å²) >= 11 is 0. The van der Waals surface area contributed by atoms with Crippen LogP contribution in [0.5, 0.6) is 0 Å². The molecule has 0 radical (unpaired) electrons. The van der Waals surface area contributed by atoms with E-state index < -0.39 is 12.1 Å². The number of rotatable bonds is 1. The molecule has 8 heavy (non-hydrogen) atoms. The summed E-state index contributed by atoms with van der Waals surface area (Å²) in [6.45, 7) is 1.73. The molecule has 1 aliphatic rings. The summed E-state index contributed by atoms with van der Waals surface area (Å²) in [6, 6.07) is 0. The molecule has 42 valence electrons. The number of hydrogen-bond acceptors (Lipinski definition) is 2. The molecule has 2 atom stereocenters. The molecule has 0 aliphatic carbocycles. The smallest absolute Gasteiger partial charge is 1.00 e. The van der Waals surface area contributed by atoms with E-state index in [1.807, 2.05) is 0 Å². The van der Waals surface area contributed by atoms with Crippen LogP contribution in [-0.2, 0) is 9.53 Å². The van der Waals surface area contributed by atoms with Crippen LogP contribution in [0.3, 0.4) is 0 Å². The minimum absolute atomic E-state index is 0. The van der Waals surface area contributed by atoms with Gasteiger partial charge in [-0.15, -0.1) is 0 Å². The van der Waals surface area contributed by atoms with E-state index in [9.17, 15) is 4.79 Å². The van der Waals surface area contributed by atoms with Crippen LogP contribution in [0, 0.1) is 0 Å². The minimum atomic E-state index is -0.854. The van der Waals surface area contributed by atoms with Crippen molar-refractivity contribution >= 4 is 5.97 Å². The van der Waals surface area contributed by atoms with Gasteiger partial charge in [0.05, 0.1) is 6.10 Å². The van der Waals surface area contributed by atoms with Gasteiger partial charge in [-0.25, -0.2) is 4.79 Å². The second-order valence-electron chi connectivity index (χ2n) is 1.60. The first-order valence-corrected chi connectivity index (χ1v) is 2.10. The Morgan fingerprint density at radius 1 is 1.88 bits per heavy atom. The molecule has 0 aromatic heterocycles. The fourth-order valence-electron chi connectivity index (χ4n) is 0.445. The Kier molecular flexibility index (Phi) is 2.98. The van der Waals surface area contributed by atoms with Gasteiger partial charge in [0.25, 0.3) is 0 Å². The van der Waals surface area contributed by atoms with Gasteiger partial charge in [0, 0.05) is 0 Å². The maximum Gasteiger partial charge on any atom is 1.00 e. The third-order valence-corrected chi connectivity index (χ3v) is 0.954. The van der Waals surface area contributed by atoms with Crippen LogP contribution in [0.15, 0.2) is 0 Å². The second kappa shape index (κ2) is 2.82. The van der Waals surface area contributed by atoms with Gasteiger partial charge in [0.1, 0.15) is 0 Å². The molecule has 0 aromatic carbocycles. The Bertz CT molecular complexity index is 108. The molecule has 4 heteroatoms. The maximum absolute atomic E-state index is 9.85. The summed E-state index contributed by atoms with van der Waals surface area (Å²) in [4.78, 5) is 9.85. The summed E-state index contributed by atoms with van der Waals surface area (Å²) < 4.78 is 4.58. The van der Waals surface area contributed by atoms with E-state index >= 15 is 0 Å². The Labute approximate surface area is 70.8 Å². The monoisotopic (exact) mass is 126 g/mol. The standard InChI is InChI=1S/C4H6O3.Na.H/c1-2-3(7-2)4(5)6;;/h2-3H,1H3,(H,5,6);;/q;+1;-1/t2-,3-;;/m1../s1. The molecule has 1 saturated heterocycles. The summed E-state index contributed by atoms with van der Waals surface area (Å²) in [7, 11) is 0. The second-order valence-corrected chi connectivity index (χ2v) is 1.60. The molecular formula is C4H7NaO3. The fourth-order valence-corrected chi connectivity index (χ4v) is 0.445. The van der Waals surface area contributed by atoms with Crippen molar-refractivity contribution in [3.63, 3.8) is 0 Å². The minimum Gasteiger partial charge on any atom is -1.00 e. The van der Waals surface area contributed by atoms with Crippen molar-refractivity contribution in [1.82, 2.24) is 0 Å². The summed E-state index contributed by atoms with van der Waals surface area (Å²) in [5.41, 5.74) is 0. The van der Waals surface area contributed by atoms with Crippen molar-refractivity contribution in [3.8, 4) is 0 Å². The van der Waals surface area contributed by atoms with E-state index in [4.69, 9.17) is 5.11 Å². The van der Waals surface area contributed by atoms with E-state index in [0.717, 1.165) is 0 Å². The van der Waals surface area contributed by atoms with Crippen molar-refractivity contribution in [3.05, 3.63) is 0 Å². The molecule has 3 nitrogen and oxygen atoms in total. The zero-order valence-electron chi connectivity index (χ0n) is 5.92. The largest absolute Gasteiger partial charge is 1.00 e. The third-order valence-electron chi connectivity index (χ3n) is 0.954. The van der Waals surface area contributed by atoms with E-state index in [1.165, 1.54) is 0 Å². The molecule has 0 bridgehead atoms. The van der Waals surface area contributed by atoms with Gasteiger partial charge < -0.3 is 11.3 Å². The summed E-state index contributed by atoms with van der Waals surface area (Å²) in [5.74, 6) is -0.854. The van der Waals surface area contributed by atoms with Crippen molar-refractivity contribution in [2.24, 2.45) is 0 Å². The molecule has 0 spiro atoms. The van der Waals surface area contributed by atoms with Gasteiger partial charge in [-0.1, -0.05) is 0 Å². The average molecular weight is 126 g/mol. The quantitative estimate of drug-likeness (QED) is 0.300. The first-order valence-electron chi connectivity index (χ1n) is 2.10. The molecule has 0 amide bonds. The normalized spacial score (nSPS) is 33.1. The van der Waals surface area contributed by atoms with Gasteiger partial charge in [0.2, 0.25) is 0 Å². The molecule has 1 aliphatic heterocycles. The predicted octanol–water partition coefficient (Wildman–Crippen LogP) is -3.03. The van der Waals surface area contributed by atoms with Gasteiger partial charge in [-0.3, -0.25) is 0 Å². The van der Waals surface area contributed by atoms with Crippen molar-refractivity contribution in [2.45, 2.75) is 19.1 Å². The molecule has 1 fully saturated rings. The topological polar surface area (TPSA) is 49.8 Å². The fraction of sp³-hybridized carbons (Fsp3) is 0.750. The van der Waals surface area contributed by atoms with E-state index in [2.05, 4.69) is 4.74 Å². The third kappa shape index (κ3) is 1.74. The molecule has 1 rings (SSSR count). The Hall–Kier alpha value is 0.430. The van der Waals surface area contributed by atoms with Crippen LogP contribution in [0.1, 0.15) is 8.35 Å². The Balaban J connectivity index is 0. The number of epoxide rings is 1. The van der Waals surface area contributed by atoms with Crippen LogP contribution in [0.25, 0.3) is 0 Å². The van der Waals surface area contributed by atoms with Gasteiger partial charge in [-0.2, -0.15) is 0 Å². The van der Waals surface area contributed by atoms with Crippen molar-refractivity contribution in [2.75, 3.05) is 0 Å². The Morgan fingerprint density at radius 2 is 2.25 bits per heavy atom. The van der Waals surface area contributed by atoms with Crippen LogP contribution in [0.2, 0.25) is 0 Å². The maximum atomic E-state index is 9.85. The predicted molar refractivity (Wildman–Crippen MR) is 23.1 cm³/mol. The molecule has 0 aromatic rings. The SMILES string of the molecule is C[C@H]1O[C@H]1C(=O)O.[H-].[Na+]. The molecule has 0 unspecified atom stereocenters. The average Bonchev–Trinajstić information content (AvgIpc) is 2.17. The summed E-state index contributed by atoms with van der Waals surface area (Å²) in [5, 5.41) is 8.10. The van der Waals surface area contributed by atoms with Crippen molar-refractivity contribution in [1.29, 1.82) is 0 Å². The number of ether oxygens (including phenoxy) is 1.